The third-order valence-corrected chi connectivity index (χ3v) is 11.3. The molecule has 0 saturated heterocycles. The first-order valence-electron chi connectivity index (χ1n) is 19.0. The molecule has 7 heteroatoms. The maximum Gasteiger partial charge on any atom is 0.416 e. The fourth-order valence-corrected chi connectivity index (χ4v) is 8.56. The van der Waals surface area contributed by atoms with Crippen LogP contribution in [0.1, 0.15) is 22.3 Å². The molecule has 0 amide bonds. The minimum Gasteiger partial charge on any atom is -0.307 e. The lowest BCUT2D eigenvalue weighted by atomic mass is 9.98. The predicted octanol–water partition coefficient (Wildman–Crippen LogP) is 13.8. The largest absolute Gasteiger partial charge is 0.416 e. The average Bonchev–Trinajstić information content (AvgIpc) is 3.75. The number of para-hydroxylation sites is 2. The van der Waals surface area contributed by atoms with Crippen molar-refractivity contribution in [2.45, 2.75) is 20.0 Å². The normalized spacial score (nSPS) is 11.9. The van der Waals surface area contributed by atoms with E-state index >= 15 is 0 Å². The van der Waals surface area contributed by atoms with Crippen LogP contribution in [0.5, 0.6) is 0 Å². The fourth-order valence-electron chi connectivity index (χ4n) is 8.56. The Morgan fingerprint density at radius 1 is 0.500 bits per heavy atom. The highest BCUT2D eigenvalue weighted by Crippen LogP contribution is 2.42. The van der Waals surface area contributed by atoms with Crippen molar-refractivity contribution in [3.63, 3.8) is 0 Å². The number of nitrogens with zero attached hydrogens (tertiary/aromatic N) is 4. The Bertz CT molecular complexity index is 3320. The van der Waals surface area contributed by atoms with Gasteiger partial charge in [-0.1, -0.05) is 97.1 Å². The van der Waals surface area contributed by atoms with Gasteiger partial charge in [0.05, 0.1) is 51.1 Å². The summed E-state index contributed by atoms with van der Waals surface area (Å²) in [5, 5.41) is 14.1. The quantitative estimate of drug-likeness (QED) is 0.175. The molecular formula is C51H33F3N4. The van der Waals surface area contributed by atoms with Crippen molar-refractivity contribution in [1.82, 2.24) is 14.1 Å². The van der Waals surface area contributed by atoms with Crippen molar-refractivity contribution in [3.05, 3.63) is 186 Å². The van der Waals surface area contributed by atoms with Gasteiger partial charge in [-0.2, -0.15) is 18.4 Å². The van der Waals surface area contributed by atoms with Crippen LogP contribution < -0.4 is 0 Å². The summed E-state index contributed by atoms with van der Waals surface area (Å²) in [5.41, 5.74) is 10.7. The van der Waals surface area contributed by atoms with Gasteiger partial charge < -0.3 is 4.57 Å². The molecule has 0 aliphatic rings. The van der Waals surface area contributed by atoms with Crippen LogP contribution in [0.3, 0.4) is 0 Å². The van der Waals surface area contributed by atoms with Gasteiger partial charge in [0.25, 0.3) is 0 Å². The number of nitriles is 1. The summed E-state index contributed by atoms with van der Waals surface area (Å²) >= 11 is 0. The number of aromatic nitrogens is 3. The molecule has 7 aromatic carbocycles. The van der Waals surface area contributed by atoms with Crippen LogP contribution in [0.25, 0.3) is 88.5 Å². The Morgan fingerprint density at radius 2 is 1.02 bits per heavy atom. The molecule has 0 bridgehead atoms. The maximum absolute atomic E-state index is 14.5. The third kappa shape index (κ3) is 5.64. The minimum atomic E-state index is -4.67. The molecule has 3 heterocycles. The van der Waals surface area contributed by atoms with E-state index in [1.165, 1.54) is 11.6 Å². The fraction of sp³-hybridized carbons (Fsp3) is 0.0588. The van der Waals surface area contributed by atoms with Gasteiger partial charge >= 0.3 is 6.18 Å². The molecule has 0 saturated carbocycles. The van der Waals surface area contributed by atoms with Crippen molar-refractivity contribution < 1.29 is 13.2 Å². The Balaban J connectivity index is 1.26. The Morgan fingerprint density at radius 3 is 1.59 bits per heavy atom. The number of aryl methyl sites for hydroxylation is 2. The second-order valence-electron chi connectivity index (χ2n) is 14.8. The molecule has 0 fully saturated rings. The molecule has 0 radical (unpaired) electrons. The summed E-state index contributed by atoms with van der Waals surface area (Å²) in [6.07, 6.45) is -2.92. The molecule has 0 spiro atoms. The van der Waals surface area contributed by atoms with Crippen molar-refractivity contribution in [2.75, 3.05) is 0 Å². The number of rotatable bonds is 5. The smallest absolute Gasteiger partial charge is 0.307 e. The van der Waals surface area contributed by atoms with Crippen molar-refractivity contribution >= 4 is 43.6 Å². The molecule has 4 nitrogen and oxygen atoms in total. The second kappa shape index (κ2) is 13.4. The van der Waals surface area contributed by atoms with Crippen LogP contribution in [-0.2, 0) is 6.18 Å². The molecule has 0 aliphatic carbocycles. The van der Waals surface area contributed by atoms with E-state index in [9.17, 15) is 18.4 Å². The van der Waals surface area contributed by atoms with Gasteiger partial charge in [0, 0.05) is 27.1 Å². The summed E-state index contributed by atoms with van der Waals surface area (Å²) in [7, 11) is 0. The summed E-state index contributed by atoms with van der Waals surface area (Å²) < 4.78 is 47.6. The lowest BCUT2D eigenvalue weighted by Gasteiger charge is -2.18. The van der Waals surface area contributed by atoms with E-state index in [4.69, 9.17) is 4.98 Å². The van der Waals surface area contributed by atoms with Crippen LogP contribution in [0.15, 0.2) is 164 Å². The molecule has 58 heavy (non-hydrogen) atoms. The average molecular weight is 759 g/mol. The lowest BCUT2D eigenvalue weighted by molar-refractivity contribution is -0.137. The predicted molar refractivity (Wildman–Crippen MR) is 228 cm³/mol. The highest BCUT2D eigenvalue weighted by Gasteiger charge is 2.32. The van der Waals surface area contributed by atoms with E-state index in [1.807, 2.05) is 72.8 Å². The number of alkyl halides is 3. The summed E-state index contributed by atoms with van der Waals surface area (Å²) in [5.74, 6) is 0.534. The molecule has 10 rings (SSSR count). The number of halogens is 3. The zero-order valence-corrected chi connectivity index (χ0v) is 31.5. The van der Waals surface area contributed by atoms with Gasteiger partial charge in [-0.15, -0.1) is 0 Å². The first-order chi connectivity index (χ1) is 28.2. The zero-order valence-electron chi connectivity index (χ0n) is 31.5. The Hall–Kier alpha value is -7.43. The second-order valence-corrected chi connectivity index (χ2v) is 14.8. The van der Waals surface area contributed by atoms with Gasteiger partial charge in [0.15, 0.2) is 0 Å². The minimum absolute atomic E-state index is 0.0835. The molecule has 0 aliphatic heterocycles. The van der Waals surface area contributed by atoms with Gasteiger partial charge in [-0.3, -0.25) is 4.57 Å². The SMILES string of the molecule is Cc1ccccc1-c1ccc2c(c1)c1ccccc1n2-c1cc(-c2cc(C#N)cc(C(F)(F)F)c2)c(-n2c3ccccc3c3cc(-c4ccccc4C)ccc32)cn1. The van der Waals surface area contributed by atoms with Crippen molar-refractivity contribution in [2.24, 2.45) is 0 Å². The number of pyridine rings is 1. The monoisotopic (exact) mass is 758 g/mol. The summed E-state index contributed by atoms with van der Waals surface area (Å²) in [6.45, 7) is 4.19. The standard InChI is InChI=1S/C51H33F3N4/c1-31-11-3-5-13-38(31)34-19-21-47-43(26-34)40-15-7-9-17-45(40)57(47)49-30-56-50(28-42(49)36-23-33(29-55)24-37(25-36)51(52,53)54)58-46-18-10-8-16-41(46)44-27-35(20-22-48(44)58)39-14-6-4-12-32(39)2/h3-28,30H,1-2H3. The molecule has 0 unspecified atom stereocenters. The van der Waals surface area contributed by atoms with E-state index < -0.39 is 11.7 Å². The van der Waals surface area contributed by atoms with Crippen molar-refractivity contribution in [3.8, 4) is 51.0 Å². The molecule has 10 aromatic rings. The maximum atomic E-state index is 14.5. The third-order valence-electron chi connectivity index (χ3n) is 11.3. The van der Waals surface area contributed by atoms with Crippen LogP contribution in [0.2, 0.25) is 0 Å². The Kier molecular flexibility index (Phi) is 8.06. The van der Waals surface area contributed by atoms with Gasteiger partial charge in [0.2, 0.25) is 0 Å². The molecular weight excluding hydrogens is 726 g/mol. The topological polar surface area (TPSA) is 46.5 Å². The molecule has 0 N–H and O–H groups in total. The van der Waals surface area contributed by atoms with Crippen LogP contribution >= 0.6 is 0 Å². The highest BCUT2D eigenvalue weighted by molar-refractivity contribution is 6.12. The Labute approximate surface area is 332 Å². The van der Waals surface area contributed by atoms with Crippen LogP contribution in [0.4, 0.5) is 13.2 Å². The lowest BCUT2D eigenvalue weighted by Crippen LogP contribution is -2.07. The molecule has 3 aromatic heterocycles. The number of hydrogen-bond donors (Lipinski definition) is 0. The molecule has 0 atom stereocenters. The van der Waals surface area contributed by atoms with E-state index in [1.54, 1.807) is 6.20 Å². The zero-order chi connectivity index (χ0) is 39.7. The van der Waals surface area contributed by atoms with Gasteiger partial charge in [-0.05, 0) is 113 Å². The van der Waals surface area contributed by atoms with Gasteiger partial charge in [-0.25, -0.2) is 4.98 Å². The first kappa shape index (κ1) is 35.0. The molecule has 278 valence electrons. The van der Waals surface area contributed by atoms with E-state index in [0.29, 0.717) is 17.1 Å². The van der Waals surface area contributed by atoms with E-state index in [-0.39, 0.29) is 11.1 Å². The van der Waals surface area contributed by atoms with Crippen LogP contribution in [-0.4, -0.2) is 14.1 Å². The summed E-state index contributed by atoms with van der Waals surface area (Å²) in [6, 6.07) is 52.8. The summed E-state index contributed by atoms with van der Waals surface area (Å²) in [4.78, 5) is 5.12. The van der Waals surface area contributed by atoms with E-state index in [0.717, 1.165) is 83.6 Å². The number of fused-ring (bicyclic) bond motifs is 6. The van der Waals surface area contributed by atoms with E-state index in [2.05, 4.69) is 95.8 Å². The number of hydrogen-bond acceptors (Lipinski definition) is 2. The van der Waals surface area contributed by atoms with Crippen LogP contribution in [0, 0.1) is 25.2 Å². The number of benzene rings is 7. The van der Waals surface area contributed by atoms with Gasteiger partial charge in [0.1, 0.15) is 5.82 Å². The highest BCUT2D eigenvalue weighted by atomic mass is 19.4. The first-order valence-corrected chi connectivity index (χ1v) is 19.0. The van der Waals surface area contributed by atoms with Crippen molar-refractivity contribution in [1.29, 1.82) is 5.26 Å².